The van der Waals surface area contributed by atoms with Crippen molar-refractivity contribution in [2.45, 2.75) is 13.8 Å². The highest BCUT2D eigenvalue weighted by molar-refractivity contribution is 5.72. The van der Waals surface area contributed by atoms with E-state index in [2.05, 4.69) is 56.3 Å². The highest BCUT2D eigenvalue weighted by Crippen LogP contribution is 2.32. The zero-order valence-electron chi connectivity index (χ0n) is 9.95. The first kappa shape index (κ1) is 10.7. The monoisotopic (exact) mass is 212 g/mol. The molecule has 0 aromatic heterocycles. The normalized spacial score (nSPS) is 10.2. The molecule has 2 aromatic rings. The first-order valence-corrected chi connectivity index (χ1v) is 5.43. The van der Waals surface area contributed by atoms with Gasteiger partial charge in [-0.3, -0.25) is 0 Å². The number of para-hydroxylation sites is 1. The zero-order chi connectivity index (χ0) is 11.5. The van der Waals surface area contributed by atoms with Gasteiger partial charge in [-0.25, -0.2) is 0 Å². The fourth-order valence-corrected chi connectivity index (χ4v) is 1.96. The molecule has 0 heterocycles. The van der Waals surface area contributed by atoms with Crippen molar-refractivity contribution in [1.82, 2.24) is 0 Å². The summed E-state index contributed by atoms with van der Waals surface area (Å²) < 4.78 is 5.47. The number of aryl methyl sites for hydroxylation is 2. The van der Waals surface area contributed by atoms with Crippen molar-refractivity contribution in [2.75, 3.05) is 7.11 Å². The second kappa shape index (κ2) is 4.40. The van der Waals surface area contributed by atoms with E-state index in [9.17, 15) is 0 Å². The summed E-state index contributed by atoms with van der Waals surface area (Å²) in [4.78, 5) is 0. The lowest BCUT2D eigenvalue weighted by Crippen LogP contribution is -1.91. The molecule has 1 heteroatoms. The number of ether oxygens (including phenoxy) is 1. The van der Waals surface area contributed by atoms with E-state index in [0.29, 0.717) is 0 Å². The van der Waals surface area contributed by atoms with E-state index in [1.807, 2.05) is 0 Å². The number of methoxy groups -OCH3 is 1. The minimum absolute atomic E-state index is 0.966. The Morgan fingerprint density at radius 3 is 2.38 bits per heavy atom. The Bertz CT molecular complexity index is 501. The first-order chi connectivity index (χ1) is 7.72. The van der Waals surface area contributed by atoms with Crippen LogP contribution in [0.25, 0.3) is 11.1 Å². The summed E-state index contributed by atoms with van der Waals surface area (Å²) in [5.41, 5.74) is 4.80. The third-order valence-electron chi connectivity index (χ3n) is 2.75. The van der Waals surface area contributed by atoms with Crippen LogP contribution in [0.2, 0.25) is 0 Å². The van der Waals surface area contributed by atoms with Gasteiger partial charge in [-0.15, -0.1) is 0 Å². The molecule has 0 aliphatic rings. The highest BCUT2D eigenvalue weighted by Gasteiger charge is 2.07. The summed E-state index contributed by atoms with van der Waals surface area (Å²) in [6.07, 6.45) is 0. The number of hydrogen-bond donors (Lipinski definition) is 0. The fourth-order valence-electron chi connectivity index (χ4n) is 1.96. The van der Waals surface area contributed by atoms with Gasteiger partial charge in [0, 0.05) is 5.56 Å². The maximum absolute atomic E-state index is 5.47. The Hall–Kier alpha value is -1.76. The van der Waals surface area contributed by atoms with Crippen molar-refractivity contribution >= 4 is 0 Å². The molecule has 0 aliphatic heterocycles. The summed E-state index contributed by atoms with van der Waals surface area (Å²) >= 11 is 0. The smallest absolute Gasteiger partial charge is 0.129 e. The average Bonchev–Trinajstić information content (AvgIpc) is 2.28. The molecule has 2 rings (SSSR count). The Balaban J connectivity index is 2.60. The van der Waals surface area contributed by atoms with Crippen LogP contribution in [-0.4, -0.2) is 7.11 Å². The molecule has 0 radical (unpaired) electrons. The van der Waals surface area contributed by atoms with Crippen LogP contribution >= 0.6 is 0 Å². The summed E-state index contributed by atoms with van der Waals surface area (Å²) in [6.45, 7) is 4.17. The van der Waals surface area contributed by atoms with E-state index in [1.165, 1.54) is 16.7 Å². The van der Waals surface area contributed by atoms with Gasteiger partial charge in [-0.2, -0.15) is 0 Å². The third kappa shape index (κ3) is 1.94. The predicted molar refractivity (Wildman–Crippen MR) is 67.9 cm³/mol. The molecule has 0 aliphatic carbocycles. The molecule has 0 N–H and O–H groups in total. The lowest BCUT2D eigenvalue weighted by Gasteiger charge is -2.11. The van der Waals surface area contributed by atoms with Gasteiger partial charge in [0.1, 0.15) is 5.75 Å². The summed E-state index contributed by atoms with van der Waals surface area (Å²) in [7, 11) is 1.72. The minimum Gasteiger partial charge on any atom is -0.496 e. The maximum atomic E-state index is 5.47. The fraction of sp³-hybridized carbons (Fsp3) is 0.200. The zero-order valence-corrected chi connectivity index (χ0v) is 9.95. The van der Waals surface area contributed by atoms with Crippen molar-refractivity contribution in [3.8, 4) is 16.9 Å². The van der Waals surface area contributed by atoms with E-state index in [0.717, 1.165) is 11.3 Å². The van der Waals surface area contributed by atoms with Crippen LogP contribution in [-0.2, 0) is 0 Å². The Labute approximate surface area is 96.7 Å². The van der Waals surface area contributed by atoms with Crippen molar-refractivity contribution in [3.05, 3.63) is 53.6 Å². The number of benzene rings is 2. The van der Waals surface area contributed by atoms with Crippen LogP contribution in [0.5, 0.6) is 5.75 Å². The quantitative estimate of drug-likeness (QED) is 0.731. The Morgan fingerprint density at radius 1 is 0.938 bits per heavy atom. The van der Waals surface area contributed by atoms with Crippen LogP contribution < -0.4 is 4.74 Å². The molecule has 0 bridgehead atoms. The molecule has 2 aromatic carbocycles. The number of rotatable bonds is 2. The Kier molecular flexibility index (Phi) is 2.95. The van der Waals surface area contributed by atoms with E-state index in [-0.39, 0.29) is 0 Å². The molecular weight excluding hydrogens is 196 g/mol. The molecule has 0 amide bonds. The highest BCUT2D eigenvalue weighted by atomic mass is 16.5. The van der Waals surface area contributed by atoms with E-state index >= 15 is 0 Å². The Morgan fingerprint density at radius 2 is 1.69 bits per heavy atom. The minimum atomic E-state index is 0.966. The molecule has 0 unspecified atom stereocenters. The van der Waals surface area contributed by atoms with E-state index < -0.39 is 0 Å². The van der Waals surface area contributed by atoms with Gasteiger partial charge in [0.25, 0.3) is 0 Å². The topological polar surface area (TPSA) is 9.23 Å². The van der Waals surface area contributed by atoms with Gasteiger partial charge in [0.2, 0.25) is 0 Å². The van der Waals surface area contributed by atoms with E-state index in [4.69, 9.17) is 4.74 Å². The van der Waals surface area contributed by atoms with Crippen LogP contribution in [0.1, 0.15) is 11.1 Å². The average molecular weight is 212 g/mol. The van der Waals surface area contributed by atoms with Crippen LogP contribution in [0.4, 0.5) is 0 Å². The lowest BCUT2D eigenvalue weighted by atomic mass is 10.0. The molecule has 0 spiro atoms. The van der Waals surface area contributed by atoms with Crippen molar-refractivity contribution < 1.29 is 4.74 Å². The molecule has 16 heavy (non-hydrogen) atoms. The van der Waals surface area contributed by atoms with Crippen LogP contribution in [0.3, 0.4) is 0 Å². The van der Waals surface area contributed by atoms with Crippen molar-refractivity contribution in [3.63, 3.8) is 0 Å². The van der Waals surface area contributed by atoms with Gasteiger partial charge in [0.05, 0.1) is 7.11 Å². The standard InChI is InChI=1S/C15H16O/c1-11-6-4-8-13(10-11)14-9-5-7-12(2)15(14)16-3/h4-10H,1-3H3. The van der Waals surface area contributed by atoms with E-state index in [1.54, 1.807) is 7.11 Å². The number of hydrogen-bond acceptors (Lipinski definition) is 1. The summed E-state index contributed by atoms with van der Waals surface area (Å²) in [5.74, 6) is 0.966. The molecule has 0 atom stereocenters. The van der Waals surface area contributed by atoms with Crippen LogP contribution in [0.15, 0.2) is 42.5 Å². The van der Waals surface area contributed by atoms with Crippen LogP contribution in [0, 0.1) is 13.8 Å². The molecule has 0 fully saturated rings. The van der Waals surface area contributed by atoms with Gasteiger partial charge < -0.3 is 4.74 Å². The second-order valence-corrected chi connectivity index (χ2v) is 4.03. The first-order valence-electron chi connectivity index (χ1n) is 5.43. The molecule has 0 saturated heterocycles. The SMILES string of the molecule is COc1c(C)cccc1-c1cccc(C)c1. The molecule has 0 saturated carbocycles. The van der Waals surface area contributed by atoms with Crippen molar-refractivity contribution in [2.24, 2.45) is 0 Å². The van der Waals surface area contributed by atoms with Gasteiger partial charge in [-0.1, -0.05) is 48.0 Å². The second-order valence-electron chi connectivity index (χ2n) is 4.03. The summed E-state index contributed by atoms with van der Waals surface area (Å²) in [5, 5.41) is 0. The maximum Gasteiger partial charge on any atom is 0.129 e. The van der Waals surface area contributed by atoms with Gasteiger partial charge in [-0.05, 0) is 25.0 Å². The predicted octanol–water partition coefficient (Wildman–Crippen LogP) is 3.98. The third-order valence-corrected chi connectivity index (χ3v) is 2.75. The van der Waals surface area contributed by atoms with Crippen molar-refractivity contribution in [1.29, 1.82) is 0 Å². The summed E-state index contributed by atoms with van der Waals surface area (Å²) in [6, 6.07) is 14.7. The molecular formula is C15H16O. The molecule has 1 nitrogen and oxygen atoms in total. The largest absolute Gasteiger partial charge is 0.496 e. The van der Waals surface area contributed by atoms with Gasteiger partial charge >= 0.3 is 0 Å². The lowest BCUT2D eigenvalue weighted by molar-refractivity contribution is 0.413. The van der Waals surface area contributed by atoms with Gasteiger partial charge in [0.15, 0.2) is 0 Å². The molecule has 82 valence electrons.